The Morgan fingerprint density at radius 3 is 2.53 bits per heavy atom. The molecule has 0 unspecified atom stereocenters. The van der Waals surface area contributed by atoms with Crippen LogP contribution in [0.4, 0.5) is 13.2 Å². The van der Waals surface area contributed by atoms with Crippen LogP contribution in [0.25, 0.3) is 0 Å². The molecule has 19 heavy (non-hydrogen) atoms. The molecule has 106 valence electrons. The fraction of sp³-hybridized carbons (Fsp3) is 0.417. The number of benzene rings is 1. The third-order valence-electron chi connectivity index (χ3n) is 2.10. The fourth-order valence-electron chi connectivity index (χ4n) is 1.33. The zero-order valence-corrected chi connectivity index (χ0v) is 11.7. The molecule has 0 amide bonds. The molecule has 0 saturated heterocycles. The van der Waals surface area contributed by atoms with Crippen molar-refractivity contribution in [3.63, 3.8) is 0 Å². The molecule has 1 aromatic carbocycles. The molecule has 0 radical (unpaired) electrons. The van der Waals surface area contributed by atoms with Crippen LogP contribution in [-0.4, -0.2) is 25.7 Å². The van der Waals surface area contributed by atoms with E-state index in [4.69, 9.17) is 9.47 Å². The van der Waals surface area contributed by atoms with Gasteiger partial charge in [-0.05, 0) is 35.0 Å². The molecule has 0 N–H and O–H groups in total. The van der Waals surface area contributed by atoms with Gasteiger partial charge in [-0.25, -0.2) is 0 Å². The molecule has 0 spiro atoms. The second-order valence-corrected chi connectivity index (χ2v) is 4.45. The second kappa shape index (κ2) is 6.79. The molecular weight excluding hydrogens is 329 g/mol. The van der Waals surface area contributed by atoms with Gasteiger partial charge in [-0.1, -0.05) is 0 Å². The minimum Gasteiger partial charge on any atom is -0.490 e. The summed E-state index contributed by atoms with van der Waals surface area (Å²) in [6, 6.07) is 2.88. The first-order valence-corrected chi connectivity index (χ1v) is 6.27. The van der Waals surface area contributed by atoms with E-state index in [9.17, 15) is 18.0 Å². The molecule has 1 aromatic rings. The minimum atomic E-state index is -4.28. The Morgan fingerprint density at radius 1 is 1.32 bits per heavy atom. The summed E-state index contributed by atoms with van der Waals surface area (Å²) in [7, 11) is 0. The van der Waals surface area contributed by atoms with Crippen LogP contribution in [-0.2, 0) is 0 Å². The van der Waals surface area contributed by atoms with Crippen LogP contribution in [0.15, 0.2) is 16.6 Å². The highest BCUT2D eigenvalue weighted by atomic mass is 79.9. The topological polar surface area (TPSA) is 35.5 Å². The van der Waals surface area contributed by atoms with Crippen LogP contribution in [0.2, 0.25) is 0 Å². The first-order valence-electron chi connectivity index (χ1n) is 5.48. The molecule has 0 aliphatic carbocycles. The van der Waals surface area contributed by atoms with E-state index < -0.39 is 19.2 Å². The van der Waals surface area contributed by atoms with Gasteiger partial charge in [0.05, 0.1) is 24.1 Å². The molecule has 0 fully saturated rings. The van der Waals surface area contributed by atoms with Crippen molar-refractivity contribution in [2.45, 2.75) is 19.5 Å². The number of ether oxygens (including phenoxy) is 2. The van der Waals surface area contributed by atoms with Gasteiger partial charge in [0, 0.05) is 5.56 Å². The van der Waals surface area contributed by atoms with Gasteiger partial charge in [0.2, 0.25) is 0 Å². The van der Waals surface area contributed by atoms with Crippen LogP contribution in [0.5, 0.6) is 11.5 Å². The summed E-state index contributed by atoms with van der Waals surface area (Å²) in [4.78, 5) is 10.7. The van der Waals surface area contributed by atoms with Crippen LogP contribution < -0.4 is 9.47 Å². The van der Waals surface area contributed by atoms with Gasteiger partial charge < -0.3 is 9.47 Å². The van der Waals surface area contributed by atoms with E-state index in [1.807, 2.05) is 0 Å². The summed E-state index contributed by atoms with van der Waals surface area (Å²) in [6.07, 6.45) is -4.71. The van der Waals surface area contributed by atoms with Crippen molar-refractivity contribution in [2.75, 3.05) is 13.2 Å². The molecule has 0 aliphatic rings. The smallest absolute Gasteiger partial charge is 0.392 e. The summed E-state index contributed by atoms with van der Waals surface area (Å²) >= 11 is 3.14. The lowest BCUT2D eigenvalue weighted by molar-refractivity contribution is -0.139. The molecule has 7 heteroatoms. The predicted octanol–water partition coefficient (Wildman–Crippen LogP) is 3.99. The van der Waals surface area contributed by atoms with E-state index in [1.54, 1.807) is 6.92 Å². The van der Waals surface area contributed by atoms with Crippen molar-refractivity contribution in [1.29, 1.82) is 0 Å². The minimum absolute atomic E-state index is 0.164. The highest BCUT2D eigenvalue weighted by molar-refractivity contribution is 9.10. The molecule has 0 saturated carbocycles. The van der Waals surface area contributed by atoms with E-state index in [-0.39, 0.29) is 11.5 Å². The Morgan fingerprint density at radius 2 is 2.00 bits per heavy atom. The first-order chi connectivity index (χ1) is 8.87. The summed E-state index contributed by atoms with van der Waals surface area (Å²) in [5, 5.41) is 0. The number of carbonyl (C=O) groups excluding carboxylic acids is 1. The maximum atomic E-state index is 12.1. The molecule has 0 aromatic heterocycles. The summed E-state index contributed by atoms with van der Waals surface area (Å²) in [5.74, 6) is 0.401. The fourth-order valence-corrected chi connectivity index (χ4v) is 1.90. The Balaban J connectivity index is 2.88. The lowest BCUT2D eigenvalue weighted by atomic mass is 10.2. The first kappa shape index (κ1) is 15.8. The monoisotopic (exact) mass is 340 g/mol. The predicted molar refractivity (Wildman–Crippen MR) is 66.9 cm³/mol. The van der Waals surface area contributed by atoms with Gasteiger partial charge in [-0.3, -0.25) is 4.79 Å². The number of halogens is 4. The molecule has 0 aliphatic heterocycles. The van der Waals surface area contributed by atoms with E-state index in [0.717, 1.165) is 0 Å². The number of rotatable bonds is 6. The van der Waals surface area contributed by atoms with Gasteiger partial charge in [0.15, 0.2) is 11.5 Å². The highest BCUT2D eigenvalue weighted by Gasteiger charge is 2.27. The lowest BCUT2D eigenvalue weighted by Gasteiger charge is -2.15. The van der Waals surface area contributed by atoms with E-state index in [2.05, 4.69) is 15.9 Å². The van der Waals surface area contributed by atoms with Crippen molar-refractivity contribution >= 4 is 22.2 Å². The third-order valence-corrected chi connectivity index (χ3v) is 2.69. The SMILES string of the molecule is CCOc1cc(C=O)cc(Br)c1OCCC(F)(F)F. The van der Waals surface area contributed by atoms with Gasteiger partial charge in [-0.2, -0.15) is 13.2 Å². The summed E-state index contributed by atoms with van der Waals surface area (Å²) < 4.78 is 46.9. The summed E-state index contributed by atoms with van der Waals surface area (Å²) in [5.41, 5.74) is 0.346. The summed E-state index contributed by atoms with van der Waals surface area (Å²) in [6.45, 7) is 1.52. The second-order valence-electron chi connectivity index (χ2n) is 3.59. The average Bonchev–Trinajstić information content (AvgIpc) is 2.31. The Bertz CT molecular complexity index is 447. The van der Waals surface area contributed by atoms with Crippen molar-refractivity contribution in [3.05, 3.63) is 22.2 Å². The number of hydrogen-bond donors (Lipinski definition) is 0. The molecule has 3 nitrogen and oxygen atoms in total. The largest absolute Gasteiger partial charge is 0.490 e. The maximum absolute atomic E-state index is 12.1. The standard InChI is InChI=1S/C12H12BrF3O3/c1-2-18-10-6-8(7-17)5-9(13)11(10)19-4-3-12(14,15)16/h5-7H,2-4H2,1H3. The lowest BCUT2D eigenvalue weighted by Crippen LogP contribution is -2.13. The van der Waals surface area contributed by atoms with E-state index in [0.29, 0.717) is 22.9 Å². The quantitative estimate of drug-likeness (QED) is 0.734. The molecule has 0 heterocycles. The van der Waals surface area contributed by atoms with Crippen LogP contribution in [0, 0.1) is 0 Å². The van der Waals surface area contributed by atoms with E-state index in [1.165, 1.54) is 12.1 Å². The zero-order chi connectivity index (χ0) is 14.5. The van der Waals surface area contributed by atoms with Crippen molar-refractivity contribution in [2.24, 2.45) is 0 Å². The van der Waals surface area contributed by atoms with Crippen molar-refractivity contribution < 1.29 is 27.4 Å². The van der Waals surface area contributed by atoms with Crippen LogP contribution in [0.3, 0.4) is 0 Å². The van der Waals surface area contributed by atoms with Gasteiger partial charge in [0.25, 0.3) is 0 Å². The van der Waals surface area contributed by atoms with Crippen molar-refractivity contribution in [1.82, 2.24) is 0 Å². The van der Waals surface area contributed by atoms with E-state index >= 15 is 0 Å². The maximum Gasteiger partial charge on any atom is 0.392 e. The zero-order valence-electron chi connectivity index (χ0n) is 10.1. The number of alkyl halides is 3. The molecular formula is C12H12BrF3O3. The van der Waals surface area contributed by atoms with Gasteiger partial charge in [-0.15, -0.1) is 0 Å². The molecule has 0 bridgehead atoms. The van der Waals surface area contributed by atoms with Crippen molar-refractivity contribution in [3.8, 4) is 11.5 Å². The number of carbonyl (C=O) groups is 1. The number of aldehydes is 1. The average molecular weight is 341 g/mol. The van der Waals surface area contributed by atoms with Crippen LogP contribution >= 0.6 is 15.9 Å². The molecule has 0 atom stereocenters. The number of hydrogen-bond acceptors (Lipinski definition) is 3. The normalized spacial score (nSPS) is 11.2. The highest BCUT2D eigenvalue weighted by Crippen LogP contribution is 2.37. The van der Waals surface area contributed by atoms with Gasteiger partial charge in [0.1, 0.15) is 6.29 Å². The van der Waals surface area contributed by atoms with Gasteiger partial charge >= 0.3 is 6.18 Å². The van der Waals surface area contributed by atoms with Crippen LogP contribution in [0.1, 0.15) is 23.7 Å². The third kappa shape index (κ3) is 5.10. The Hall–Kier alpha value is -1.24. The Labute approximate surface area is 116 Å². The molecule has 1 rings (SSSR count). The Kier molecular flexibility index (Phi) is 5.65.